The Balaban J connectivity index is 5.82. The van der Waals surface area contributed by atoms with Crippen molar-refractivity contribution in [3.05, 3.63) is 0 Å². The lowest BCUT2D eigenvalue weighted by molar-refractivity contribution is -0.143. The van der Waals surface area contributed by atoms with E-state index in [4.69, 9.17) is 34.4 Å². The Morgan fingerprint density at radius 2 is 1.08 bits per heavy atom. The summed E-state index contributed by atoms with van der Waals surface area (Å²) in [5.74, 6) is -7.70. The third kappa shape index (κ3) is 20.6. The maximum atomic E-state index is 13.3. The molecule has 23 nitrogen and oxygen atoms in total. The molecule has 0 unspecified atom stereocenters. The lowest BCUT2D eigenvalue weighted by atomic mass is 10.0. The van der Waals surface area contributed by atoms with Crippen LogP contribution < -0.4 is 66.3 Å². The van der Waals surface area contributed by atoms with E-state index < -0.39 is 96.0 Å². The van der Waals surface area contributed by atoms with Crippen molar-refractivity contribution in [2.75, 3.05) is 19.6 Å². The Bertz CT molecular complexity index is 1350. The van der Waals surface area contributed by atoms with Crippen molar-refractivity contribution in [1.29, 1.82) is 0 Å². The van der Waals surface area contributed by atoms with Crippen LogP contribution in [-0.2, 0) is 38.4 Å². The number of rotatable bonds is 25. The molecule has 0 fully saturated rings. The molecule has 7 amide bonds. The highest BCUT2D eigenvalue weighted by Gasteiger charge is 2.30. The van der Waals surface area contributed by atoms with Crippen LogP contribution in [0.4, 0.5) is 0 Å². The van der Waals surface area contributed by atoms with Gasteiger partial charge in [-0.25, -0.2) is 4.79 Å². The molecule has 0 aromatic rings. The molecule has 23 heteroatoms. The number of carboxylic acid groups (broad SMARTS) is 1. The largest absolute Gasteiger partial charge is 0.480 e. The van der Waals surface area contributed by atoms with Crippen LogP contribution in [0.1, 0.15) is 66.2 Å². The predicted molar refractivity (Wildman–Crippen MR) is 193 cm³/mol. The zero-order valence-corrected chi connectivity index (χ0v) is 30.5. The first-order chi connectivity index (χ1) is 24.7. The van der Waals surface area contributed by atoms with Crippen molar-refractivity contribution < 1.29 is 43.5 Å². The summed E-state index contributed by atoms with van der Waals surface area (Å²) in [6.07, 6.45) is -0.0864. The minimum Gasteiger partial charge on any atom is -0.480 e. The van der Waals surface area contributed by atoms with E-state index in [1.54, 1.807) is 13.8 Å². The summed E-state index contributed by atoms with van der Waals surface area (Å²) in [5.41, 5.74) is 32.3. The average Bonchev–Trinajstić information content (AvgIpc) is 3.05. The lowest BCUT2D eigenvalue weighted by Gasteiger charge is -2.24. The second-order valence-electron chi connectivity index (χ2n) is 12.5. The molecule has 0 aliphatic carbocycles. The van der Waals surface area contributed by atoms with Crippen LogP contribution in [0.5, 0.6) is 0 Å². The highest BCUT2D eigenvalue weighted by Crippen LogP contribution is 2.06. The summed E-state index contributed by atoms with van der Waals surface area (Å²) < 4.78 is 0. The first-order valence-electron chi connectivity index (χ1n) is 16.8. The number of nitrogens with zero attached hydrogens (tertiary/aromatic N) is 2. The van der Waals surface area contributed by atoms with Crippen molar-refractivity contribution in [3.8, 4) is 0 Å². The van der Waals surface area contributed by atoms with Gasteiger partial charge < -0.3 is 71.4 Å². The molecule has 0 radical (unpaired) electrons. The van der Waals surface area contributed by atoms with Crippen LogP contribution in [0.2, 0.25) is 0 Å². The van der Waals surface area contributed by atoms with Gasteiger partial charge in [-0.15, -0.1) is 0 Å². The van der Waals surface area contributed by atoms with Gasteiger partial charge in [-0.05, 0) is 51.9 Å². The SMILES string of the molecule is CC(C)[C@H](NC(=O)[C@H](C)NC(=O)[C@H](CCC(N)=O)NC(=O)CNC(=O)[C@H](CCCN=C(N)N)NC(=O)[C@H](CCCN=C(N)N)NC(=O)[C@H](C)N)C(=O)O. The molecule has 300 valence electrons. The van der Waals surface area contributed by atoms with E-state index in [0.29, 0.717) is 0 Å². The van der Waals surface area contributed by atoms with Crippen LogP contribution in [0.3, 0.4) is 0 Å². The fourth-order valence-corrected chi connectivity index (χ4v) is 4.38. The highest BCUT2D eigenvalue weighted by atomic mass is 16.4. The number of nitrogens with one attached hydrogen (secondary N) is 6. The van der Waals surface area contributed by atoms with Crippen molar-refractivity contribution in [2.45, 2.75) is 102 Å². The highest BCUT2D eigenvalue weighted by molar-refractivity contribution is 5.96. The third-order valence-corrected chi connectivity index (χ3v) is 7.31. The molecular weight excluding hydrogens is 700 g/mol. The number of nitrogens with two attached hydrogens (primary N) is 6. The van der Waals surface area contributed by atoms with E-state index in [0.717, 1.165) is 0 Å². The smallest absolute Gasteiger partial charge is 0.326 e. The molecule has 0 aromatic carbocycles. The molecule has 0 aromatic heterocycles. The fraction of sp³-hybridized carbons (Fsp3) is 0.667. The standard InChI is InChI=1S/C30H56N14O9/c1-14(2)22(28(52)53)44-24(48)16(4)40-26(50)19(9-10-20(32)45)41-21(46)13-39-25(49)17(7-5-11-37-29(33)34)43-27(51)18(42-23(47)15(3)31)8-6-12-38-30(35)36/h14-19,22H,5-13,31H2,1-4H3,(H2,32,45)(H,39,49)(H,40,50)(H,41,46)(H,42,47)(H,43,51)(H,44,48)(H,52,53)(H4,33,34,37)(H4,35,36,38)/t15-,16-,17-,18-,19-,22-/m0/s1. The first kappa shape index (κ1) is 47.3. The molecule has 0 aliphatic rings. The number of amides is 7. The van der Waals surface area contributed by atoms with E-state index in [9.17, 15) is 43.5 Å². The van der Waals surface area contributed by atoms with Gasteiger partial charge in [-0.1, -0.05) is 13.8 Å². The fourth-order valence-electron chi connectivity index (χ4n) is 4.38. The number of aliphatic imine (C=N–C) groups is 2. The van der Waals surface area contributed by atoms with Gasteiger partial charge in [0.25, 0.3) is 0 Å². The molecule has 0 saturated carbocycles. The Hall–Kier alpha value is -5.74. The van der Waals surface area contributed by atoms with Crippen molar-refractivity contribution >= 4 is 59.2 Å². The number of carboxylic acids is 1. The number of carbonyl (C=O) groups is 8. The van der Waals surface area contributed by atoms with Crippen LogP contribution in [0.15, 0.2) is 9.98 Å². The number of hydrogen-bond acceptors (Lipinski definition) is 11. The number of guanidine groups is 2. The van der Waals surface area contributed by atoms with E-state index in [-0.39, 0.29) is 63.5 Å². The quantitative estimate of drug-likeness (QED) is 0.0234. The maximum Gasteiger partial charge on any atom is 0.326 e. The van der Waals surface area contributed by atoms with Crippen LogP contribution in [-0.4, -0.2) is 120 Å². The molecule has 6 atom stereocenters. The zero-order chi connectivity index (χ0) is 40.8. The van der Waals surface area contributed by atoms with Gasteiger partial charge in [0, 0.05) is 19.5 Å². The topological polar surface area (TPSA) is 410 Å². The number of primary amides is 1. The number of aliphatic carboxylic acids is 1. The summed E-state index contributed by atoms with van der Waals surface area (Å²) in [5, 5.41) is 23.8. The van der Waals surface area contributed by atoms with E-state index >= 15 is 0 Å². The van der Waals surface area contributed by atoms with Crippen molar-refractivity contribution in [1.82, 2.24) is 31.9 Å². The molecule has 53 heavy (non-hydrogen) atoms. The summed E-state index contributed by atoms with van der Waals surface area (Å²) in [6.45, 7) is 5.40. The third-order valence-electron chi connectivity index (χ3n) is 7.31. The van der Waals surface area contributed by atoms with Gasteiger partial charge in [-0.3, -0.25) is 43.5 Å². The lowest BCUT2D eigenvalue weighted by Crippen LogP contribution is -2.57. The maximum absolute atomic E-state index is 13.3. The Kier molecular flexibility index (Phi) is 21.8. The normalized spacial score (nSPS) is 14.1. The minimum atomic E-state index is -1.40. The first-order valence-corrected chi connectivity index (χ1v) is 16.8. The Morgan fingerprint density at radius 1 is 0.604 bits per heavy atom. The molecule has 0 aliphatic heterocycles. The second-order valence-corrected chi connectivity index (χ2v) is 12.5. The predicted octanol–water partition coefficient (Wildman–Crippen LogP) is -5.99. The molecule has 0 spiro atoms. The molecule has 0 rings (SSSR count). The molecule has 0 bridgehead atoms. The summed E-state index contributed by atoms with van der Waals surface area (Å²) >= 11 is 0. The summed E-state index contributed by atoms with van der Waals surface area (Å²) in [7, 11) is 0. The monoisotopic (exact) mass is 756 g/mol. The Labute approximate surface area is 307 Å². The van der Waals surface area contributed by atoms with Crippen molar-refractivity contribution in [3.63, 3.8) is 0 Å². The van der Waals surface area contributed by atoms with E-state index in [2.05, 4.69) is 41.9 Å². The molecular formula is C30H56N14O9. The Morgan fingerprint density at radius 3 is 1.53 bits per heavy atom. The van der Waals surface area contributed by atoms with Gasteiger partial charge in [0.2, 0.25) is 41.4 Å². The van der Waals surface area contributed by atoms with Gasteiger partial charge in [0.1, 0.15) is 30.2 Å². The number of hydrogen-bond donors (Lipinski definition) is 13. The van der Waals surface area contributed by atoms with Gasteiger partial charge in [0.05, 0.1) is 12.6 Å². The van der Waals surface area contributed by atoms with Crippen LogP contribution in [0, 0.1) is 5.92 Å². The van der Waals surface area contributed by atoms with E-state index in [1.165, 1.54) is 13.8 Å². The van der Waals surface area contributed by atoms with Crippen LogP contribution >= 0.6 is 0 Å². The van der Waals surface area contributed by atoms with Crippen LogP contribution in [0.25, 0.3) is 0 Å². The molecule has 0 saturated heterocycles. The van der Waals surface area contributed by atoms with Gasteiger partial charge in [0.15, 0.2) is 11.9 Å². The molecule has 0 heterocycles. The summed E-state index contributed by atoms with van der Waals surface area (Å²) in [6, 6.07) is -7.23. The number of carbonyl (C=O) groups excluding carboxylic acids is 7. The summed E-state index contributed by atoms with van der Waals surface area (Å²) in [4.78, 5) is 108. The van der Waals surface area contributed by atoms with E-state index in [1.807, 2.05) is 0 Å². The zero-order valence-electron chi connectivity index (χ0n) is 30.5. The van der Waals surface area contributed by atoms with Gasteiger partial charge >= 0.3 is 5.97 Å². The minimum absolute atomic E-state index is 0.0128. The van der Waals surface area contributed by atoms with Gasteiger partial charge in [-0.2, -0.15) is 0 Å². The average molecular weight is 757 g/mol. The second kappa shape index (κ2) is 24.4. The van der Waals surface area contributed by atoms with Crippen molar-refractivity contribution in [2.24, 2.45) is 50.3 Å². The molecule has 19 N–H and O–H groups in total.